The quantitative estimate of drug-likeness (QED) is 0.680. The Hall–Kier alpha value is -3.81. The van der Waals surface area contributed by atoms with Crippen molar-refractivity contribution in [1.29, 1.82) is 0 Å². The van der Waals surface area contributed by atoms with E-state index >= 15 is 0 Å². The Kier molecular flexibility index (Phi) is 5.59. The van der Waals surface area contributed by atoms with E-state index in [4.69, 9.17) is 9.84 Å². The molecule has 0 radical (unpaired) electrons. The van der Waals surface area contributed by atoms with E-state index in [1.54, 1.807) is 24.0 Å². The summed E-state index contributed by atoms with van der Waals surface area (Å²) in [7, 11) is 1.76. The smallest absolute Gasteiger partial charge is 0.414 e. The number of carbonyl (C=O) groups is 2. The number of carbonyl (C=O) groups excluding carboxylic acids is 1. The van der Waals surface area contributed by atoms with Crippen LogP contribution in [0, 0.1) is 0 Å². The van der Waals surface area contributed by atoms with Gasteiger partial charge in [0.15, 0.2) is 0 Å². The number of benzene rings is 2. The lowest BCUT2D eigenvalue weighted by atomic mass is 10.1. The zero-order valence-corrected chi connectivity index (χ0v) is 15.1. The number of hydrogen-bond donors (Lipinski definition) is 2. The Bertz CT molecular complexity index is 985. The Morgan fingerprint density at radius 2 is 1.89 bits per heavy atom. The molecule has 8 nitrogen and oxygen atoms in total. The molecular formula is C20H19N3O5. The number of phenols is 1. The molecule has 2 N–H and O–H groups in total. The first kappa shape index (κ1) is 19.0. The van der Waals surface area contributed by atoms with Crippen LogP contribution < -0.4 is 4.90 Å². The Morgan fingerprint density at radius 1 is 1.14 bits per heavy atom. The number of nitrogens with zero attached hydrogens (tertiary/aromatic N) is 3. The minimum atomic E-state index is -1.26. The van der Waals surface area contributed by atoms with Gasteiger partial charge in [-0.05, 0) is 23.8 Å². The standard InChI is InChI=1S/C20H19N3O5/c1-22-10-9-15(21-22)12-23(16-7-8-17(19(25)26)18(24)11-16)20(27)28-13-14-5-3-2-4-6-14/h2-11,24H,12-13H2,1H3,(H,25,26). The molecule has 28 heavy (non-hydrogen) atoms. The third-order valence-corrected chi connectivity index (χ3v) is 4.04. The Morgan fingerprint density at radius 3 is 2.50 bits per heavy atom. The van der Waals surface area contributed by atoms with Crippen molar-refractivity contribution in [2.75, 3.05) is 4.90 Å². The maximum atomic E-state index is 12.7. The molecule has 144 valence electrons. The van der Waals surface area contributed by atoms with Crippen LogP contribution in [0.15, 0.2) is 60.8 Å². The van der Waals surface area contributed by atoms with Crippen LogP contribution in [0.2, 0.25) is 0 Å². The van der Waals surface area contributed by atoms with Gasteiger partial charge in [-0.25, -0.2) is 9.59 Å². The van der Waals surface area contributed by atoms with Crippen LogP contribution >= 0.6 is 0 Å². The fourth-order valence-corrected chi connectivity index (χ4v) is 2.64. The molecule has 0 aliphatic heterocycles. The fraction of sp³-hybridized carbons (Fsp3) is 0.150. The molecule has 1 heterocycles. The highest BCUT2D eigenvalue weighted by Gasteiger charge is 2.21. The molecule has 0 saturated carbocycles. The molecule has 0 aliphatic carbocycles. The topological polar surface area (TPSA) is 105 Å². The molecule has 8 heteroatoms. The summed E-state index contributed by atoms with van der Waals surface area (Å²) >= 11 is 0. The molecule has 2 aromatic carbocycles. The van der Waals surface area contributed by atoms with E-state index in [0.717, 1.165) is 5.56 Å². The SMILES string of the molecule is Cn1ccc(CN(C(=O)OCc2ccccc2)c2ccc(C(=O)O)c(O)c2)n1. The lowest BCUT2D eigenvalue weighted by Gasteiger charge is -2.22. The molecule has 1 aromatic heterocycles. The number of aromatic nitrogens is 2. The van der Waals surface area contributed by atoms with Crippen molar-refractivity contribution in [2.24, 2.45) is 7.05 Å². The van der Waals surface area contributed by atoms with Gasteiger partial charge in [-0.2, -0.15) is 5.10 Å². The van der Waals surface area contributed by atoms with Gasteiger partial charge in [-0.1, -0.05) is 30.3 Å². The average Bonchev–Trinajstić information content (AvgIpc) is 3.09. The van der Waals surface area contributed by atoms with Crippen molar-refractivity contribution in [2.45, 2.75) is 13.2 Å². The molecule has 0 atom stereocenters. The lowest BCUT2D eigenvalue weighted by molar-refractivity contribution is 0.0693. The Balaban J connectivity index is 1.85. The highest BCUT2D eigenvalue weighted by Crippen LogP contribution is 2.26. The third-order valence-electron chi connectivity index (χ3n) is 4.04. The monoisotopic (exact) mass is 381 g/mol. The number of anilines is 1. The number of hydrogen-bond acceptors (Lipinski definition) is 5. The molecule has 3 aromatic rings. The van der Waals surface area contributed by atoms with Crippen molar-refractivity contribution in [3.05, 3.63) is 77.6 Å². The molecule has 3 rings (SSSR count). The first-order valence-corrected chi connectivity index (χ1v) is 8.47. The van der Waals surface area contributed by atoms with Crippen molar-refractivity contribution < 1.29 is 24.5 Å². The highest BCUT2D eigenvalue weighted by atomic mass is 16.6. The lowest BCUT2D eigenvalue weighted by Crippen LogP contribution is -2.31. The molecular weight excluding hydrogens is 362 g/mol. The first-order chi connectivity index (χ1) is 13.4. The molecule has 0 unspecified atom stereocenters. The maximum absolute atomic E-state index is 12.7. The number of carboxylic acid groups (broad SMARTS) is 1. The van der Waals surface area contributed by atoms with Crippen LogP contribution in [0.25, 0.3) is 0 Å². The van der Waals surface area contributed by atoms with Gasteiger partial charge in [0.1, 0.15) is 17.9 Å². The van der Waals surface area contributed by atoms with Gasteiger partial charge in [-0.3, -0.25) is 9.58 Å². The summed E-state index contributed by atoms with van der Waals surface area (Å²) in [6.07, 6.45) is 1.10. The van der Waals surface area contributed by atoms with Gasteiger partial charge in [0, 0.05) is 19.3 Å². The van der Waals surface area contributed by atoms with E-state index in [-0.39, 0.29) is 18.7 Å². The first-order valence-electron chi connectivity index (χ1n) is 8.47. The van der Waals surface area contributed by atoms with Gasteiger partial charge in [-0.15, -0.1) is 0 Å². The highest BCUT2D eigenvalue weighted by molar-refractivity contribution is 5.93. The molecule has 0 bridgehead atoms. The molecule has 0 aliphatic rings. The van der Waals surface area contributed by atoms with E-state index in [9.17, 15) is 14.7 Å². The van der Waals surface area contributed by atoms with Gasteiger partial charge >= 0.3 is 12.1 Å². The van der Waals surface area contributed by atoms with E-state index in [2.05, 4.69) is 5.10 Å². The van der Waals surface area contributed by atoms with Crippen molar-refractivity contribution in [1.82, 2.24) is 9.78 Å². The second-order valence-electron chi connectivity index (χ2n) is 6.11. The number of ether oxygens (including phenoxy) is 1. The van der Waals surface area contributed by atoms with Gasteiger partial charge in [0.2, 0.25) is 0 Å². The summed E-state index contributed by atoms with van der Waals surface area (Å²) in [5.74, 6) is -1.70. The summed E-state index contributed by atoms with van der Waals surface area (Å²) < 4.78 is 7.00. The third kappa shape index (κ3) is 4.47. The summed E-state index contributed by atoms with van der Waals surface area (Å²) in [4.78, 5) is 25.1. The number of amides is 1. The zero-order valence-electron chi connectivity index (χ0n) is 15.1. The fourth-order valence-electron chi connectivity index (χ4n) is 2.64. The number of aromatic hydroxyl groups is 1. The van der Waals surface area contributed by atoms with Gasteiger partial charge < -0.3 is 14.9 Å². The minimum absolute atomic E-state index is 0.0809. The van der Waals surface area contributed by atoms with Crippen LogP contribution in [-0.4, -0.2) is 32.1 Å². The van der Waals surface area contributed by atoms with Crippen LogP contribution in [-0.2, 0) is 24.9 Å². The average molecular weight is 381 g/mol. The number of rotatable bonds is 6. The second kappa shape index (κ2) is 8.26. The van der Waals surface area contributed by atoms with E-state index in [0.29, 0.717) is 11.4 Å². The second-order valence-corrected chi connectivity index (χ2v) is 6.11. The molecule has 0 saturated heterocycles. The number of aryl methyl sites for hydroxylation is 1. The van der Waals surface area contributed by atoms with Crippen molar-refractivity contribution in [3.8, 4) is 5.75 Å². The van der Waals surface area contributed by atoms with Gasteiger partial charge in [0.25, 0.3) is 0 Å². The Labute approximate surface area is 161 Å². The van der Waals surface area contributed by atoms with E-state index in [1.165, 1.54) is 23.1 Å². The van der Waals surface area contributed by atoms with Crippen LogP contribution in [0.1, 0.15) is 21.6 Å². The summed E-state index contributed by atoms with van der Waals surface area (Å²) in [6, 6.07) is 14.9. The van der Waals surface area contributed by atoms with Crippen molar-refractivity contribution in [3.63, 3.8) is 0 Å². The molecule has 1 amide bonds. The van der Waals surface area contributed by atoms with Crippen molar-refractivity contribution >= 4 is 17.7 Å². The summed E-state index contributed by atoms with van der Waals surface area (Å²) in [5.41, 5.74) is 1.49. The minimum Gasteiger partial charge on any atom is -0.507 e. The number of carboxylic acids is 1. The van der Waals surface area contributed by atoms with Crippen LogP contribution in [0.3, 0.4) is 0 Å². The summed E-state index contributed by atoms with van der Waals surface area (Å²) in [5, 5.41) is 23.3. The normalized spacial score (nSPS) is 10.5. The van der Waals surface area contributed by atoms with E-state index < -0.39 is 17.8 Å². The zero-order chi connectivity index (χ0) is 20.1. The largest absolute Gasteiger partial charge is 0.507 e. The van der Waals surface area contributed by atoms with Crippen LogP contribution in [0.4, 0.5) is 10.5 Å². The van der Waals surface area contributed by atoms with E-state index in [1.807, 2.05) is 30.3 Å². The predicted octanol–water partition coefficient (Wildman–Crippen LogP) is 3.17. The maximum Gasteiger partial charge on any atom is 0.414 e. The summed E-state index contributed by atoms with van der Waals surface area (Å²) in [6.45, 7) is 0.178. The number of aromatic carboxylic acids is 1. The predicted molar refractivity (Wildman–Crippen MR) is 101 cm³/mol. The van der Waals surface area contributed by atoms with Crippen LogP contribution in [0.5, 0.6) is 5.75 Å². The van der Waals surface area contributed by atoms with Gasteiger partial charge in [0.05, 0.1) is 17.9 Å². The molecule has 0 spiro atoms. The molecule has 0 fully saturated rings.